The van der Waals surface area contributed by atoms with Crippen LogP contribution in [0.25, 0.3) is 0 Å². The van der Waals surface area contributed by atoms with Crippen LogP contribution in [-0.2, 0) is 9.53 Å². The first-order chi connectivity index (χ1) is 9.10. The molecule has 1 unspecified atom stereocenters. The number of rotatable bonds is 7. The highest BCUT2D eigenvalue weighted by Crippen LogP contribution is 2.20. The van der Waals surface area contributed by atoms with Crippen LogP contribution in [0.15, 0.2) is 18.2 Å². The average Bonchev–Trinajstić information content (AvgIpc) is 2.40. The minimum absolute atomic E-state index is 0.204. The van der Waals surface area contributed by atoms with Gasteiger partial charge >= 0.3 is 5.97 Å². The van der Waals surface area contributed by atoms with Gasteiger partial charge in [0.15, 0.2) is 17.4 Å². The van der Waals surface area contributed by atoms with Crippen molar-refractivity contribution in [1.82, 2.24) is 5.32 Å². The maximum absolute atomic E-state index is 13.3. The molecule has 0 spiro atoms. The molecule has 4 nitrogen and oxygen atoms in total. The summed E-state index contributed by atoms with van der Waals surface area (Å²) in [6.07, 6.45) is 0.807. The minimum Gasteiger partial charge on any atom is -0.485 e. The average molecular weight is 273 g/mol. The number of esters is 1. The molecule has 1 aromatic carbocycles. The summed E-state index contributed by atoms with van der Waals surface area (Å²) in [6.45, 7) is 2.30. The van der Waals surface area contributed by atoms with Gasteiger partial charge in [0, 0.05) is 0 Å². The van der Waals surface area contributed by atoms with E-state index < -0.39 is 29.4 Å². The van der Waals surface area contributed by atoms with E-state index in [0.717, 1.165) is 18.6 Å². The Labute approximate surface area is 110 Å². The molecular formula is C13H17F2NO3. The maximum Gasteiger partial charge on any atom is 0.326 e. The first-order valence-corrected chi connectivity index (χ1v) is 5.98. The number of benzene rings is 1. The summed E-state index contributed by atoms with van der Waals surface area (Å²) in [5.41, 5.74) is 0. The van der Waals surface area contributed by atoms with Crippen LogP contribution in [0, 0.1) is 11.6 Å². The molecule has 0 amide bonds. The lowest BCUT2D eigenvalue weighted by molar-refractivity contribution is -0.143. The van der Waals surface area contributed by atoms with Gasteiger partial charge < -0.3 is 14.8 Å². The number of methoxy groups -OCH3 is 1. The van der Waals surface area contributed by atoms with E-state index in [1.165, 1.54) is 13.2 Å². The van der Waals surface area contributed by atoms with E-state index in [1.54, 1.807) is 0 Å². The van der Waals surface area contributed by atoms with Crippen molar-refractivity contribution < 1.29 is 23.0 Å². The second-order valence-corrected chi connectivity index (χ2v) is 3.89. The molecule has 0 heterocycles. The number of carbonyl (C=O) groups excluding carboxylic acids is 1. The SMILES string of the molecule is CCCNC(COc1c(F)cccc1F)C(=O)OC. The van der Waals surface area contributed by atoms with Crippen LogP contribution in [0.3, 0.4) is 0 Å². The van der Waals surface area contributed by atoms with Crippen molar-refractivity contribution in [2.75, 3.05) is 20.3 Å². The molecule has 1 aromatic rings. The normalized spacial score (nSPS) is 12.0. The molecule has 0 aliphatic carbocycles. The van der Waals surface area contributed by atoms with Gasteiger partial charge in [-0.1, -0.05) is 13.0 Å². The lowest BCUT2D eigenvalue weighted by Gasteiger charge is -2.17. The van der Waals surface area contributed by atoms with Gasteiger partial charge in [-0.15, -0.1) is 0 Å². The highest BCUT2D eigenvalue weighted by Gasteiger charge is 2.20. The van der Waals surface area contributed by atoms with Gasteiger partial charge in [-0.05, 0) is 25.1 Å². The molecule has 0 fully saturated rings. The third-order valence-corrected chi connectivity index (χ3v) is 2.44. The Kier molecular flexibility index (Phi) is 6.21. The van der Waals surface area contributed by atoms with Gasteiger partial charge in [0.05, 0.1) is 7.11 Å². The van der Waals surface area contributed by atoms with E-state index in [0.29, 0.717) is 6.54 Å². The largest absolute Gasteiger partial charge is 0.485 e. The van der Waals surface area contributed by atoms with E-state index >= 15 is 0 Å². The predicted molar refractivity (Wildman–Crippen MR) is 66.0 cm³/mol. The molecule has 106 valence electrons. The van der Waals surface area contributed by atoms with Crippen molar-refractivity contribution in [2.45, 2.75) is 19.4 Å². The molecule has 6 heteroatoms. The fraction of sp³-hybridized carbons (Fsp3) is 0.462. The summed E-state index contributed by atoms with van der Waals surface area (Å²) in [5, 5.41) is 2.88. The van der Waals surface area contributed by atoms with Gasteiger partial charge in [-0.25, -0.2) is 8.78 Å². The Hall–Kier alpha value is -1.69. The predicted octanol–water partition coefficient (Wildman–Crippen LogP) is 1.88. The fourth-order valence-corrected chi connectivity index (χ4v) is 1.46. The Morgan fingerprint density at radius 3 is 2.53 bits per heavy atom. The molecular weight excluding hydrogens is 256 g/mol. The van der Waals surface area contributed by atoms with E-state index in [-0.39, 0.29) is 6.61 Å². The summed E-state index contributed by atoms with van der Waals surface area (Å²) in [5.74, 6) is -2.64. The minimum atomic E-state index is -0.806. The smallest absolute Gasteiger partial charge is 0.326 e. The van der Waals surface area contributed by atoms with Crippen LogP contribution >= 0.6 is 0 Å². The van der Waals surface area contributed by atoms with Crippen LogP contribution < -0.4 is 10.1 Å². The van der Waals surface area contributed by atoms with Crippen LogP contribution in [0.1, 0.15) is 13.3 Å². The zero-order chi connectivity index (χ0) is 14.3. The van der Waals surface area contributed by atoms with Crippen LogP contribution in [0.2, 0.25) is 0 Å². The maximum atomic E-state index is 13.3. The van der Waals surface area contributed by atoms with Crippen molar-refractivity contribution in [1.29, 1.82) is 0 Å². The highest BCUT2D eigenvalue weighted by atomic mass is 19.1. The zero-order valence-electron chi connectivity index (χ0n) is 10.9. The monoisotopic (exact) mass is 273 g/mol. The molecule has 19 heavy (non-hydrogen) atoms. The molecule has 0 bridgehead atoms. The topological polar surface area (TPSA) is 47.6 Å². The zero-order valence-corrected chi connectivity index (χ0v) is 10.9. The summed E-state index contributed by atoms with van der Waals surface area (Å²) in [7, 11) is 1.24. The Bertz CT molecular complexity index is 406. The molecule has 0 radical (unpaired) electrons. The van der Waals surface area contributed by atoms with Crippen molar-refractivity contribution >= 4 is 5.97 Å². The second kappa shape index (κ2) is 7.68. The van der Waals surface area contributed by atoms with E-state index in [2.05, 4.69) is 10.1 Å². The first-order valence-electron chi connectivity index (χ1n) is 5.98. The van der Waals surface area contributed by atoms with E-state index in [9.17, 15) is 13.6 Å². The molecule has 0 saturated heterocycles. The first kappa shape index (κ1) is 15.4. The highest BCUT2D eigenvalue weighted by molar-refractivity contribution is 5.75. The van der Waals surface area contributed by atoms with Gasteiger partial charge in [0.1, 0.15) is 12.6 Å². The van der Waals surface area contributed by atoms with Crippen LogP contribution in [-0.4, -0.2) is 32.3 Å². The fourth-order valence-electron chi connectivity index (χ4n) is 1.46. The molecule has 0 aliphatic heterocycles. The van der Waals surface area contributed by atoms with Crippen molar-refractivity contribution in [3.8, 4) is 5.75 Å². The number of nitrogens with one attached hydrogen (secondary N) is 1. The lowest BCUT2D eigenvalue weighted by Crippen LogP contribution is -2.42. The Morgan fingerprint density at radius 2 is 2.00 bits per heavy atom. The van der Waals surface area contributed by atoms with Crippen molar-refractivity contribution in [3.63, 3.8) is 0 Å². The van der Waals surface area contributed by atoms with Crippen LogP contribution in [0.5, 0.6) is 5.75 Å². The Morgan fingerprint density at radius 1 is 1.37 bits per heavy atom. The summed E-state index contributed by atoms with van der Waals surface area (Å²) in [4.78, 5) is 11.5. The third kappa shape index (κ3) is 4.48. The van der Waals surface area contributed by atoms with E-state index in [4.69, 9.17) is 4.74 Å². The van der Waals surface area contributed by atoms with Crippen molar-refractivity contribution in [3.05, 3.63) is 29.8 Å². The number of para-hydroxylation sites is 1. The van der Waals surface area contributed by atoms with Gasteiger partial charge in [-0.3, -0.25) is 4.79 Å². The second-order valence-electron chi connectivity index (χ2n) is 3.89. The number of carbonyl (C=O) groups is 1. The molecule has 0 aromatic heterocycles. The van der Waals surface area contributed by atoms with Crippen molar-refractivity contribution in [2.24, 2.45) is 0 Å². The lowest BCUT2D eigenvalue weighted by atomic mass is 10.3. The quantitative estimate of drug-likeness (QED) is 0.771. The summed E-state index contributed by atoms with van der Waals surface area (Å²) in [6, 6.07) is 2.66. The number of hydrogen-bond donors (Lipinski definition) is 1. The standard InChI is InChI=1S/C13H17F2NO3/c1-3-7-16-11(13(17)18-2)8-19-12-9(14)5-4-6-10(12)15/h4-6,11,16H,3,7-8H2,1-2H3. The van der Waals surface area contributed by atoms with Gasteiger partial charge in [0.2, 0.25) is 0 Å². The molecule has 1 rings (SSSR count). The number of hydrogen-bond acceptors (Lipinski definition) is 4. The molecule has 1 N–H and O–H groups in total. The van der Waals surface area contributed by atoms with Gasteiger partial charge in [0.25, 0.3) is 0 Å². The van der Waals surface area contributed by atoms with Gasteiger partial charge in [-0.2, -0.15) is 0 Å². The molecule has 1 atom stereocenters. The Balaban J connectivity index is 2.67. The molecule has 0 saturated carbocycles. The number of halogens is 2. The van der Waals surface area contributed by atoms with E-state index in [1.807, 2.05) is 6.92 Å². The third-order valence-electron chi connectivity index (χ3n) is 2.44. The summed E-state index contributed by atoms with van der Waals surface area (Å²) >= 11 is 0. The molecule has 0 aliphatic rings. The van der Waals surface area contributed by atoms with Crippen LogP contribution in [0.4, 0.5) is 8.78 Å². The summed E-state index contributed by atoms with van der Waals surface area (Å²) < 4.78 is 36.3. The number of ether oxygens (including phenoxy) is 2.